The molecule has 0 saturated heterocycles. The fourth-order valence-electron chi connectivity index (χ4n) is 1.71. The summed E-state index contributed by atoms with van der Waals surface area (Å²) in [4.78, 5) is 4.21. The highest BCUT2D eigenvalue weighted by Crippen LogP contribution is 2.28. The predicted molar refractivity (Wildman–Crippen MR) is 66.7 cm³/mol. The van der Waals surface area contributed by atoms with Crippen LogP contribution in [0.2, 0.25) is 5.02 Å². The molecule has 0 radical (unpaired) electrons. The molecule has 1 N–H and O–H groups in total. The summed E-state index contributed by atoms with van der Waals surface area (Å²) in [5.41, 5.74) is 0.310. The van der Waals surface area contributed by atoms with Crippen LogP contribution in [0, 0.1) is 5.82 Å². The lowest BCUT2D eigenvalue weighted by atomic mass is 10.2. The number of benzene rings is 1. The molecule has 0 spiro atoms. The van der Waals surface area contributed by atoms with Crippen molar-refractivity contribution in [3.63, 3.8) is 0 Å². The molecule has 1 heterocycles. The second-order valence-electron chi connectivity index (χ2n) is 3.86. The first-order valence-corrected chi connectivity index (χ1v) is 5.65. The Kier molecular flexibility index (Phi) is 3.33. The standard InChI is InChI=1S/C12H13ClFN3/c1-8(12-15-6-7-17(12)2)16-11-9(13)4-3-5-10(11)14/h3-8,16H,1-2H3. The third kappa shape index (κ3) is 2.42. The molecule has 0 bridgehead atoms. The molecular formula is C12H13ClFN3. The number of hydrogen-bond acceptors (Lipinski definition) is 2. The van der Waals surface area contributed by atoms with E-state index in [2.05, 4.69) is 10.3 Å². The van der Waals surface area contributed by atoms with E-state index in [1.165, 1.54) is 6.07 Å². The van der Waals surface area contributed by atoms with E-state index in [-0.39, 0.29) is 11.9 Å². The number of hydrogen-bond donors (Lipinski definition) is 1. The molecule has 0 amide bonds. The lowest BCUT2D eigenvalue weighted by Gasteiger charge is -2.16. The maximum Gasteiger partial charge on any atom is 0.147 e. The second-order valence-corrected chi connectivity index (χ2v) is 4.27. The molecule has 0 aliphatic carbocycles. The molecule has 2 aromatic rings. The Morgan fingerprint density at radius 2 is 2.24 bits per heavy atom. The average Bonchev–Trinajstić information content (AvgIpc) is 2.70. The zero-order valence-corrected chi connectivity index (χ0v) is 10.4. The van der Waals surface area contributed by atoms with Gasteiger partial charge in [0.2, 0.25) is 0 Å². The molecule has 3 nitrogen and oxygen atoms in total. The number of rotatable bonds is 3. The first kappa shape index (κ1) is 11.9. The van der Waals surface area contributed by atoms with Crippen LogP contribution < -0.4 is 5.32 Å². The van der Waals surface area contributed by atoms with Crippen molar-refractivity contribution in [3.05, 3.63) is 47.3 Å². The minimum absolute atomic E-state index is 0.121. The van der Waals surface area contributed by atoms with E-state index in [4.69, 9.17) is 11.6 Å². The van der Waals surface area contributed by atoms with Gasteiger partial charge in [0, 0.05) is 19.4 Å². The monoisotopic (exact) mass is 253 g/mol. The highest BCUT2D eigenvalue weighted by molar-refractivity contribution is 6.33. The zero-order chi connectivity index (χ0) is 12.4. The van der Waals surface area contributed by atoms with Gasteiger partial charge in [0.25, 0.3) is 0 Å². The van der Waals surface area contributed by atoms with Crippen LogP contribution in [0.15, 0.2) is 30.6 Å². The summed E-state index contributed by atoms with van der Waals surface area (Å²) in [6, 6.07) is 4.48. The van der Waals surface area contributed by atoms with Crippen molar-refractivity contribution in [3.8, 4) is 0 Å². The Morgan fingerprint density at radius 1 is 1.47 bits per heavy atom. The highest BCUT2D eigenvalue weighted by Gasteiger charge is 2.14. The van der Waals surface area contributed by atoms with E-state index in [0.29, 0.717) is 10.7 Å². The third-order valence-electron chi connectivity index (χ3n) is 2.57. The van der Waals surface area contributed by atoms with Crippen molar-refractivity contribution in [1.82, 2.24) is 9.55 Å². The van der Waals surface area contributed by atoms with Crippen LogP contribution in [0.4, 0.5) is 10.1 Å². The van der Waals surface area contributed by atoms with E-state index in [1.807, 2.05) is 24.7 Å². The Hall–Kier alpha value is -1.55. The number of halogens is 2. The van der Waals surface area contributed by atoms with Crippen molar-refractivity contribution >= 4 is 17.3 Å². The van der Waals surface area contributed by atoms with Crippen molar-refractivity contribution in [1.29, 1.82) is 0 Å². The van der Waals surface area contributed by atoms with Crippen molar-refractivity contribution in [2.24, 2.45) is 7.05 Å². The van der Waals surface area contributed by atoms with Crippen LogP contribution in [0.1, 0.15) is 18.8 Å². The van der Waals surface area contributed by atoms with Gasteiger partial charge in [-0.25, -0.2) is 9.37 Å². The lowest BCUT2D eigenvalue weighted by molar-refractivity contribution is 0.624. The van der Waals surface area contributed by atoms with Crippen molar-refractivity contribution < 1.29 is 4.39 Å². The molecule has 1 unspecified atom stereocenters. The summed E-state index contributed by atoms with van der Waals surface area (Å²) in [5, 5.41) is 3.40. The predicted octanol–water partition coefficient (Wildman–Crippen LogP) is 3.39. The summed E-state index contributed by atoms with van der Waals surface area (Å²) < 4.78 is 15.5. The number of imidazole rings is 1. The Morgan fingerprint density at radius 3 is 2.82 bits per heavy atom. The minimum Gasteiger partial charge on any atom is -0.372 e. The van der Waals surface area contributed by atoms with Gasteiger partial charge < -0.3 is 9.88 Å². The molecule has 1 aromatic heterocycles. The summed E-state index contributed by atoms with van der Waals surface area (Å²) >= 11 is 5.95. The van der Waals surface area contributed by atoms with Crippen molar-refractivity contribution in [2.75, 3.05) is 5.32 Å². The quantitative estimate of drug-likeness (QED) is 0.909. The van der Waals surface area contributed by atoms with E-state index < -0.39 is 0 Å². The van der Waals surface area contributed by atoms with E-state index in [1.54, 1.807) is 18.3 Å². The van der Waals surface area contributed by atoms with Gasteiger partial charge >= 0.3 is 0 Å². The van der Waals surface area contributed by atoms with E-state index in [9.17, 15) is 4.39 Å². The van der Waals surface area contributed by atoms with Gasteiger partial charge in [0.05, 0.1) is 16.8 Å². The van der Waals surface area contributed by atoms with Crippen LogP contribution in [0.3, 0.4) is 0 Å². The molecule has 90 valence electrons. The van der Waals surface area contributed by atoms with E-state index in [0.717, 1.165) is 5.82 Å². The first-order valence-electron chi connectivity index (χ1n) is 5.27. The number of nitrogens with one attached hydrogen (secondary N) is 1. The third-order valence-corrected chi connectivity index (χ3v) is 2.88. The van der Waals surface area contributed by atoms with Gasteiger partial charge in [-0.3, -0.25) is 0 Å². The Balaban J connectivity index is 2.25. The smallest absolute Gasteiger partial charge is 0.147 e. The molecule has 0 aliphatic rings. The Bertz CT molecular complexity index is 504. The average molecular weight is 254 g/mol. The molecule has 0 fully saturated rings. The SMILES string of the molecule is CC(Nc1c(F)cccc1Cl)c1nccn1C. The van der Waals surface area contributed by atoms with Gasteiger partial charge in [-0.05, 0) is 19.1 Å². The molecule has 0 saturated carbocycles. The van der Waals surface area contributed by atoms with E-state index >= 15 is 0 Å². The topological polar surface area (TPSA) is 29.9 Å². The van der Waals surface area contributed by atoms with Crippen molar-refractivity contribution in [2.45, 2.75) is 13.0 Å². The van der Waals surface area contributed by atoms with Crippen LogP contribution in [0.25, 0.3) is 0 Å². The van der Waals surface area contributed by atoms with Gasteiger partial charge in [-0.2, -0.15) is 0 Å². The maximum absolute atomic E-state index is 13.6. The number of anilines is 1. The maximum atomic E-state index is 13.6. The van der Waals surface area contributed by atoms with Gasteiger partial charge in [0.15, 0.2) is 0 Å². The fourth-order valence-corrected chi connectivity index (χ4v) is 1.93. The molecular weight excluding hydrogens is 241 g/mol. The summed E-state index contributed by atoms with van der Waals surface area (Å²) in [6.45, 7) is 1.91. The molecule has 2 rings (SSSR count). The Labute approximate surface area is 104 Å². The summed E-state index contributed by atoms with van der Waals surface area (Å²) in [6.07, 6.45) is 3.55. The molecule has 1 atom stereocenters. The van der Waals surface area contributed by atoms with Crippen LogP contribution in [-0.2, 0) is 7.05 Å². The van der Waals surface area contributed by atoms with Crippen LogP contribution >= 0.6 is 11.6 Å². The molecule has 17 heavy (non-hydrogen) atoms. The number of nitrogens with zero attached hydrogens (tertiary/aromatic N) is 2. The summed E-state index contributed by atoms with van der Waals surface area (Å²) in [7, 11) is 1.89. The number of aromatic nitrogens is 2. The minimum atomic E-state index is -0.362. The number of para-hydroxylation sites is 1. The first-order chi connectivity index (χ1) is 8.09. The number of aryl methyl sites for hydroxylation is 1. The lowest BCUT2D eigenvalue weighted by Crippen LogP contribution is -2.13. The summed E-state index contributed by atoms with van der Waals surface area (Å²) in [5.74, 6) is 0.461. The zero-order valence-electron chi connectivity index (χ0n) is 9.61. The van der Waals surface area contributed by atoms with Crippen LogP contribution in [0.5, 0.6) is 0 Å². The van der Waals surface area contributed by atoms with Crippen LogP contribution in [-0.4, -0.2) is 9.55 Å². The van der Waals surface area contributed by atoms with Gasteiger partial charge in [-0.15, -0.1) is 0 Å². The molecule has 1 aromatic carbocycles. The molecule has 0 aliphatic heterocycles. The van der Waals surface area contributed by atoms with Gasteiger partial charge in [0.1, 0.15) is 11.6 Å². The van der Waals surface area contributed by atoms with Gasteiger partial charge in [-0.1, -0.05) is 17.7 Å². The largest absolute Gasteiger partial charge is 0.372 e. The molecule has 5 heteroatoms. The highest BCUT2D eigenvalue weighted by atomic mass is 35.5. The normalized spacial score (nSPS) is 12.5. The second kappa shape index (κ2) is 4.75. The fraction of sp³-hybridized carbons (Fsp3) is 0.250.